The van der Waals surface area contributed by atoms with E-state index in [-0.39, 0.29) is 28.0 Å². The van der Waals surface area contributed by atoms with E-state index in [9.17, 15) is 13.6 Å². The van der Waals surface area contributed by atoms with E-state index in [4.69, 9.17) is 5.73 Å². The van der Waals surface area contributed by atoms with Crippen LogP contribution >= 0.6 is 11.8 Å². The molecule has 3 atom stereocenters. The molecule has 3 rings (SSSR count). The lowest BCUT2D eigenvalue weighted by Gasteiger charge is -2.46. The van der Waals surface area contributed by atoms with Crippen molar-refractivity contribution in [3.05, 3.63) is 58.9 Å². The maximum Gasteiger partial charge on any atom is 0.236 e. The number of aromatic nitrogens is 2. The number of thioether (sulfide) groups is 1. The molecule has 34 heavy (non-hydrogen) atoms. The van der Waals surface area contributed by atoms with Gasteiger partial charge in [-0.05, 0) is 43.5 Å². The fourth-order valence-electron chi connectivity index (χ4n) is 3.86. The summed E-state index contributed by atoms with van der Waals surface area (Å²) in [4.78, 5) is 25.1. The predicted molar refractivity (Wildman–Crippen MR) is 128 cm³/mol. The van der Waals surface area contributed by atoms with Gasteiger partial charge in [-0.25, -0.2) is 23.1 Å². The van der Waals surface area contributed by atoms with Crippen LogP contribution in [0.3, 0.4) is 0 Å². The second-order valence-corrected chi connectivity index (χ2v) is 9.53. The van der Waals surface area contributed by atoms with Crippen LogP contribution in [0, 0.1) is 23.6 Å². The highest BCUT2D eigenvalue weighted by Gasteiger charge is 2.53. The highest BCUT2D eigenvalue weighted by atomic mass is 32.2. The minimum Gasteiger partial charge on any atom is -0.378 e. The number of hydrogen-bond acceptors (Lipinski definition) is 6. The average molecular weight is 488 g/mol. The molecule has 178 valence electrons. The molecule has 1 aromatic heterocycles. The molecule has 0 saturated carbocycles. The third-order valence-electron chi connectivity index (χ3n) is 6.02. The SMILES string of the molecule is CNC(=O)[C@@]1(C)SC(N)=N[C@](C)(c2cc(/C=C(\F)c3cnc(C#CCF)cn3)ccc2F)[C@@H]1C. The van der Waals surface area contributed by atoms with Gasteiger partial charge in [-0.3, -0.25) is 9.79 Å². The molecular formula is C24H24F3N5OS. The third kappa shape index (κ3) is 4.80. The van der Waals surface area contributed by atoms with Crippen LogP contribution in [0.5, 0.6) is 0 Å². The zero-order valence-corrected chi connectivity index (χ0v) is 19.9. The number of amidine groups is 1. The standard InChI is InChI=1S/C24H24F3N5OS/c1-14-23(2,32-22(28)34-24(14,3)21(33)29-4)17-10-15(7-8-18(17)26)11-19(27)20-13-30-16(12-31-20)6-5-9-25/h7-8,10-14H,9H2,1-4H3,(H2,28,32)(H,29,33)/b19-11-/t14-,23-,24-/m0/s1. The second-order valence-electron chi connectivity index (χ2n) is 8.06. The summed E-state index contributed by atoms with van der Waals surface area (Å²) in [5.41, 5.74) is 5.58. The van der Waals surface area contributed by atoms with E-state index < -0.39 is 34.5 Å². The molecule has 0 saturated heterocycles. The molecule has 0 aliphatic carbocycles. The van der Waals surface area contributed by atoms with E-state index in [1.165, 1.54) is 43.7 Å². The van der Waals surface area contributed by atoms with Crippen molar-refractivity contribution >= 4 is 34.7 Å². The maximum atomic E-state index is 15.0. The lowest BCUT2D eigenvalue weighted by atomic mass is 9.73. The molecule has 1 aliphatic heterocycles. The topological polar surface area (TPSA) is 93.3 Å². The number of carbonyl (C=O) groups is 1. The number of aliphatic imine (C=N–C) groups is 1. The highest BCUT2D eigenvalue weighted by molar-refractivity contribution is 8.15. The number of nitrogens with two attached hydrogens (primary N) is 1. The summed E-state index contributed by atoms with van der Waals surface area (Å²) in [6.07, 6.45) is 3.61. The summed E-state index contributed by atoms with van der Waals surface area (Å²) in [5.74, 6) is 2.70. The van der Waals surface area contributed by atoms with Crippen molar-refractivity contribution < 1.29 is 18.0 Å². The maximum absolute atomic E-state index is 15.0. The lowest BCUT2D eigenvalue weighted by Crippen LogP contribution is -2.55. The van der Waals surface area contributed by atoms with Gasteiger partial charge in [0.25, 0.3) is 0 Å². The number of amides is 1. The average Bonchev–Trinajstić information content (AvgIpc) is 2.82. The normalized spacial score (nSPS) is 24.6. The van der Waals surface area contributed by atoms with Crippen molar-refractivity contribution in [2.45, 2.75) is 31.1 Å². The molecular weight excluding hydrogens is 463 g/mol. The Kier molecular flexibility index (Phi) is 7.36. The zero-order valence-electron chi connectivity index (χ0n) is 19.1. The van der Waals surface area contributed by atoms with Crippen LogP contribution in [0.15, 0.2) is 35.6 Å². The summed E-state index contributed by atoms with van der Waals surface area (Å²) in [6, 6.07) is 4.12. The van der Waals surface area contributed by atoms with E-state index in [1.807, 2.05) is 6.92 Å². The quantitative estimate of drug-likeness (QED) is 0.640. The van der Waals surface area contributed by atoms with Crippen LogP contribution in [-0.2, 0) is 10.3 Å². The first kappa shape index (κ1) is 25.3. The van der Waals surface area contributed by atoms with Crippen LogP contribution in [0.4, 0.5) is 13.2 Å². The second kappa shape index (κ2) is 9.89. The van der Waals surface area contributed by atoms with Crippen molar-refractivity contribution in [2.75, 3.05) is 13.7 Å². The number of nitrogens with zero attached hydrogens (tertiary/aromatic N) is 3. The summed E-state index contributed by atoms with van der Waals surface area (Å²) in [6.45, 7) is 4.43. The first-order valence-corrected chi connectivity index (χ1v) is 11.2. The Morgan fingerprint density at radius 2 is 2.06 bits per heavy atom. The fourth-order valence-corrected chi connectivity index (χ4v) is 5.13. The van der Waals surface area contributed by atoms with Crippen molar-refractivity contribution in [3.63, 3.8) is 0 Å². The van der Waals surface area contributed by atoms with Crippen molar-refractivity contribution in [2.24, 2.45) is 16.6 Å². The van der Waals surface area contributed by atoms with Gasteiger partial charge in [0.05, 0.1) is 17.9 Å². The molecule has 0 spiro atoms. The van der Waals surface area contributed by atoms with Crippen LogP contribution in [-0.4, -0.2) is 39.5 Å². The minimum atomic E-state index is -1.18. The molecule has 0 bridgehead atoms. The molecule has 6 nitrogen and oxygen atoms in total. The number of hydrogen-bond donors (Lipinski definition) is 2. The number of halogens is 3. The van der Waals surface area contributed by atoms with Crippen molar-refractivity contribution in [3.8, 4) is 11.8 Å². The van der Waals surface area contributed by atoms with Crippen molar-refractivity contribution in [1.29, 1.82) is 0 Å². The van der Waals surface area contributed by atoms with Gasteiger partial charge in [0.15, 0.2) is 17.7 Å². The van der Waals surface area contributed by atoms with Crippen molar-refractivity contribution in [1.82, 2.24) is 15.3 Å². The Morgan fingerprint density at radius 3 is 2.68 bits per heavy atom. The monoisotopic (exact) mass is 487 g/mol. The smallest absolute Gasteiger partial charge is 0.236 e. The van der Waals surface area contributed by atoms with Gasteiger partial charge in [-0.2, -0.15) is 0 Å². The van der Waals surface area contributed by atoms with Gasteiger partial charge in [-0.1, -0.05) is 30.7 Å². The first-order valence-electron chi connectivity index (χ1n) is 10.4. The van der Waals surface area contributed by atoms with E-state index >= 15 is 4.39 Å². The van der Waals surface area contributed by atoms with Gasteiger partial charge < -0.3 is 11.1 Å². The van der Waals surface area contributed by atoms with E-state index in [0.717, 1.165) is 11.8 Å². The van der Waals surface area contributed by atoms with Crippen LogP contribution in [0.2, 0.25) is 0 Å². The Hall–Kier alpha value is -3.32. The van der Waals surface area contributed by atoms with Gasteiger partial charge in [-0.15, -0.1) is 0 Å². The van der Waals surface area contributed by atoms with Crippen LogP contribution in [0.25, 0.3) is 11.9 Å². The van der Waals surface area contributed by atoms with E-state index in [2.05, 4.69) is 32.1 Å². The molecule has 3 N–H and O–H groups in total. The zero-order chi connectivity index (χ0) is 25.1. The Morgan fingerprint density at radius 1 is 1.32 bits per heavy atom. The molecule has 2 heterocycles. The van der Waals surface area contributed by atoms with Gasteiger partial charge in [0, 0.05) is 18.5 Å². The minimum absolute atomic E-state index is 0.0558. The first-order chi connectivity index (χ1) is 16.0. The van der Waals surface area contributed by atoms with Crippen LogP contribution in [0.1, 0.15) is 43.3 Å². The summed E-state index contributed by atoms with van der Waals surface area (Å²) >= 11 is 1.13. The molecule has 0 fully saturated rings. The predicted octanol–water partition coefficient (Wildman–Crippen LogP) is 3.82. The molecule has 1 amide bonds. The lowest BCUT2D eigenvalue weighted by molar-refractivity contribution is -0.124. The molecule has 1 aromatic carbocycles. The van der Waals surface area contributed by atoms with Crippen LogP contribution < -0.4 is 11.1 Å². The summed E-state index contributed by atoms with van der Waals surface area (Å²) < 4.78 is 41.0. The Balaban J connectivity index is 2.02. The largest absolute Gasteiger partial charge is 0.378 e. The molecule has 2 aromatic rings. The molecule has 0 radical (unpaired) electrons. The van der Waals surface area contributed by atoms with E-state index in [1.54, 1.807) is 13.8 Å². The van der Waals surface area contributed by atoms with E-state index in [0.29, 0.717) is 5.56 Å². The third-order valence-corrected chi connectivity index (χ3v) is 7.28. The summed E-state index contributed by atoms with van der Waals surface area (Å²) in [7, 11) is 1.53. The highest BCUT2D eigenvalue weighted by Crippen LogP contribution is 2.50. The molecule has 10 heteroatoms. The number of nitrogens with one attached hydrogen (secondary N) is 1. The number of rotatable bonds is 4. The van der Waals surface area contributed by atoms with Gasteiger partial charge in [0.2, 0.25) is 5.91 Å². The fraction of sp³-hybridized carbons (Fsp3) is 0.333. The molecule has 0 unspecified atom stereocenters. The van der Waals surface area contributed by atoms with Gasteiger partial charge in [0.1, 0.15) is 22.0 Å². The van der Waals surface area contributed by atoms with Gasteiger partial charge >= 0.3 is 0 Å². The number of carbonyl (C=O) groups excluding carboxylic acids is 1. The Labute approximate surface area is 200 Å². The number of alkyl halides is 1. The summed E-state index contributed by atoms with van der Waals surface area (Å²) in [5, 5.41) is 2.79. The Bertz CT molecular complexity index is 1220. The number of benzene rings is 1. The molecule has 1 aliphatic rings.